The SMILES string of the molecule is CC[C@H](Cc1ccccc1)N(C)c1ccc([N+](=O)[O-])cn1. The van der Waals surface area contributed by atoms with Crippen molar-refractivity contribution in [1.29, 1.82) is 0 Å². The summed E-state index contributed by atoms with van der Waals surface area (Å²) < 4.78 is 0. The molecule has 0 radical (unpaired) electrons. The van der Waals surface area contributed by atoms with Gasteiger partial charge in [-0.1, -0.05) is 37.3 Å². The Bertz CT molecular complexity index is 584. The van der Waals surface area contributed by atoms with Crippen LogP contribution in [0, 0.1) is 10.1 Å². The van der Waals surface area contributed by atoms with Crippen LogP contribution in [0.1, 0.15) is 18.9 Å². The van der Waals surface area contributed by atoms with E-state index in [0.717, 1.165) is 18.7 Å². The molecule has 0 spiro atoms. The molecule has 0 saturated carbocycles. The van der Waals surface area contributed by atoms with E-state index in [1.165, 1.54) is 17.8 Å². The summed E-state index contributed by atoms with van der Waals surface area (Å²) in [7, 11) is 1.98. The van der Waals surface area contributed by atoms with Gasteiger partial charge in [0.1, 0.15) is 12.0 Å². The first-order valence-electron chi connectivity index (χ1n) is 6.99. The van der Waals surface area contributed by atoms with E-state index in [-0.39, 0.29) is 5.69 Å². The van der Waals surface area contributed by atoms with Gasteiger partial charge in [0.15, 0.2) is 0 Å². The van der Waals surface area contributed by atoms with Crippen LogP contribution < -0.4 is 4.90 Å². The van der Waals surface area contributed by atoms with E-state index in [1.54, 1.807) is 6.07 Å². The van der Waals surface area contributed by atoms with Gasteiger partial charge in [-0.3, -0.25) is 10.1 Å². The molecule has 0 fully saturated rings. The van der Waals surface area contributed by atoms with Crippen molar-refractivity contribution in [2.45, 2.75) is 25.8 Å². The van der Waals surface area contributed by atoms with Crippen molar-refractivity contribution < 1.29 is 4.92 Å². The summed E-state index contributed by atoms with van der Waals surface area (Å²) in [4.78, 5) is 16.5. The highest BCUT2D eigenvalue weighted by Crippen LogP contribution is 2.19. The zero-order chi connectivity index (χ0) is 15.2. The third-order valence-electron chi connectivity index (χ3n) is 3.64. The normalized spacial score (nSPS) is 11.9. The lowest BCUT2D eigenvalue weighted by atomic mass is 10.0. The van der Waals surface area contributed by atoms with Gasteiger partial charge in [0.05, 0.1) is 4.92 Å². The first kappa shape index (κ1) is 15.0. The number of benzene rings is 1. The molecule has 0 saturated heterocycles. The van der Waals surface area contributed by atoms with Gasteiger partial charge >= 0.3 is 0 Å². The second-order valence-corrected chi connectivity index (χ2v) is 4.99. The number of rotatable bonds is 6. The Morgan fingerprint density at radius 2 is 1.95 bits per heavy atom. The molecule has 0 amide bonds. The standard InChI is InChI=1S/C16H19N3O2/c1-3-14(11-13-7-5-4-6-8-13)18(2)16-10-9-15(12-17-16)19(20)21/h4-10,12,14H,3,11H2,1-2H3/t14-/m1/s1. The van der Waals surface area contributed by atoms with Crippen molar-refractivity contribution >= 4 is 11.5 Å². The van der Waals surface area contributed by atoms with Crippen LogP contribution in [0.25, 0.3) is 0 Å². The summed E-state index contributed by atoms with van der Waals surface area (Å²) in [6, 6.07) is 13.8. The van der Waals surface area contributed by atoms with Gasteiger partial charge in [-0.25, -0.2) is 4.98 Å². The number of nitro groups is 1. The van der Waals surface area contributed by atoms with E-state index in [4.69, 9.17) is 0 Å². The lowest BCUT2D eigenvalue weighted by Crippen LogP contribution is -2.33. The molecule has 21 heavy (non-hydrogen) atoms. The summed E-state index contributed by atoms with van der Waals surface area (Å²) in [5.74, 6) is 0.753. The van der Waals surface area contributed by atoms with Gasteiger partial charge in [0, 0.05) is 19.2 Å². The monoisotopic (exact) mass is 285 g/mol. The lowest BCUT2D eigenvalue weighted by molar-refractivity contribution is -0.385. The summed E-state index contributed by atoms with van der Waals surface area (Å²) in [5.41, 5.74) is 1.29. The summed E-state index contributed by atoms with van der Waals surface area (Å²) in [6.07, 6.45) is 3.21. The van der Waals surface area contributed by atoms with Gasteiger partial charge < -0.3 is 4.90 Å². The molecule has 1 aromatic heterocycles. The Labute approximate surface area is 124 Å². The molecular weight excluding hydrogens is 266 g/mol. The third-order valence-corrected chi connectivity index (χ3v) is 3.64. The van der Waals surface area contributed by atoms with Gasteiger partial charge in [-0.2, -0.15) is 0 Å². The molecule has 5 nitrogen and oxygen atoms in total. The molecule has 0 unspecified atom stereocenters. The van der Waals surface area contributed by atoms with Crippen LogP contribution in [-0.2, 0) is 6.42 Å². The first-order chi connectivity index (χ1) is 10.1. The highest BCUT2D eigenvalue weighted by Gasteiger charge is 2.16. The van der Waals surface area contributed by atoms with E-state index in [2.05, 4.69) is 28.9 Å². The van der Waals surface area contributed by atoms with Crippen LogP contribution in [0.5, 0.6) is 0 Å². The number of hydrogen-bond acceptors (Lipinski definition) is 4. The maximum absolute atomic E-state index is 10.7. The molecule has 1 aromatic carbocycles. The molecule has 0 aliphatic carbocycles. The Morgan fingerprint density at radius 1 is 1.24 bits per heavy atom. The quantitative estimate of drug-likeness (QED) is 0.602. The van der Waals surface area contributed by atoms with Gasteiger partial charge in [-0.05, 0) is 24.5 Å². The fraction of sp³-hybridized carbons (Fsp3) is 0.312. The zero-order valence-corrected chi connectivity index (χ0v) is 12.3. The number of anilines is 1. The molecule has 0 aliphatic heterocycles. The van der Waals surface area contributed by atoms with E-state index < -0.39 is 4.92 Å². The minimum absolute atomic E-state index is 0.0169. The molecule has 5 heteroatoms. The molecular formula is C16H19N3O2. The molecule has 0 aliphatic rings. The highest BCUT2D eigenvalue weighted by molar-refractivity contribution is 5.43. The lowest BCUT2D eigenvalue weighted by Gasteiger charge is -2.28. The van der Waals surface area contributed by atoms with Gasteiger partial charge in [0.2, 0.25) is 0 Å². The molecule has 2 aromatic rings. The number of nitrogens with zero attached hydrogens (tertiary/aromatic N) is 3. The molecule has 1 atom stereocenters. The number of likely N-dealkylation sites (N-methyl/N-ethyl adjacent to an activating group) is 1. The van der Waals surface area contributed by atoms with Crippen molar-refractivity contribution in [3.8, 4) is 0 Å². The molecule has 110 valence electrons. The number of aromatic nitrogens is 1. The van der Waals surface area contributed by atoms with Crippen molar-refractivity contribution in [3.63, 3.8) is 0 Å². The topological polar surface area (TPSA) is 59.3 Å². The number of pyridine rings is 1. The first-order valence-corrected chi connectivity index (χ1v) is 6.99. The van der Waals surface area contributed by atoms with Crippen molar-refractivity contribution in [2.24, 2.45) is 0 Å². The Morgan fingerprint density at radius 3 is 2.48 bits per heavy atom. The molecule has 0 bridgehead atoms. The summed E-state index contributed by atoms with van der Waals surface area (Å²) >= 11 is 0. The minimum atomic E-state index is -0.432. The largest absolute Gasteiger partial charge is 0.356 e. The van der Waals surface area contributed by atoms with E-state index in [0.29, 0.717) is 6.04 Å². The Balaban J connectivity index is 2.12. The van der Waals surface area contributed by atoms with Crippen LogP contribution in [0.3, 0.4) is 0 Å². The average molecular weight is 285 g/mol. The maximum Gasteiger partial charge on any atom is 0.287 e. The maximum atomic E-state index is 10.7. The zero-order valence-electron chi connectivity index (χ0n) is 12.3. The third kappa shape index (κ3) is 3.78. The fourth-order valence-electron chi connectivity index (χ4n) is 2.32. The van der Waals surface area contributed by atoms with Crippen molar-refractivity contribution in [1.82, 2.24) is 4.98 Å². The molecule has 1 heterocycles. The molecule has 0 N–H and O–H groups in total. The second kappa shape index (κ2) is 6.83. The smallest absolute Gasteiger partial charge is 0.287 e. The summed E-state index contributed by atoms with van der Waals surface area (Å²) in [6.45, 7) is 2.13. The number of hydrogen-bond donors (Lipinski definition) is 0. The van der Waals surface area contributed by atoms with Crippen LogP contribution in [0.15, 0.2) is 48.7 Å². The van der Waals surface area contributed by atoms with Crippen LogP contribution in [-0.4, -0.2) is 23.0 Å². The Hall–Kier alpha value is -2.43. The van der Waals surface area contributed by atoms with E-state index >= 15 is 0 Å². The van der Waals surface area contributed by atoms with Crippen LogP contribution in [0.2, 0.25) is 0 Å². The van der Waals surface area contributed by atoms with Gasteiger partial charge in [0.25, 0.3) is 5.69 Å². The predicted octanol–water partition coefficient (Wildman–Crippen LogP) is 3.45. The fourth-order valence-corrected chi connectivity index (χ4v) is 2.32. The van der Waals surface area contributed by atoms with E-state index in [9.17, 15) is 10.1 Å². The van der Waals surface area contributed by atoms with Crippen LogP contribution in [0.4, 0.5) is 11.5 Å². The van der Waals surface area contributed by atoms with Crippen molar-refractivity contribution in [2.75, 3.05) is 11.9 Å². The van der Waals surface area contributed by atoms with E-state index in [1.807, 2.05) is 25.2 Å². The van der Waals surface area contributed by atoms with Crippen molar-refractivity contribution in [3.05, 3.63) is 64.3 Å². The minimum Gasteiger partial charge on any atom is -0.356 e. The highest BCUT2D eigenvalue weighted by atomic mass is 16.6. The predicted molar refractivity (Wildman–Crippen MR) is 83.5 cm³/mol. The Kier molecular flexibility index (Phi) is 4.87. The van der Waals surface area contributed by atoms with Crippen LogP contribution >= 0.6 is 0 Å². The molecule has 2 rings (SSSR count). The van der Waals surface area contributed by atoms with Gasteiger partial charge in [-0.15, -0.1) is 0 Å². The summed E-state index contributed by atoms with van der Waals surface area (Å²) in [5, 5.41) is 10.7. The second-order valence-electron chi connectivity index (χ2n) is 4.99. The average Bonchev–Trinajstić information content (AvgIpc) is 2.53.